The summed E-state index contributed by atoms with van der Waals surface area (Å²) in [5.41, 5.74) is 3.62. The van der Waals surface area contributed by atoms with Gasteiger partial charge >= 0.3 is 0 Å². The van der Waals surface area contributed by atoms with Gasteiger partial charge < -0.3 is 10.7 Å². The number of aryl methyl sites for hydroxylation is 1. The summed E-state index contributed by atoms with van der Waals surface area (Å²) in [4.78, 5) is 15.8. The molecule has 1 amide bonds. The van der Waals surface area contributed by atoms with Crippen LogP contribution < -0.4 is 16.6 Å². The van der Waals surface area contributed by atoms with Crippen LogP contribution in [0.25, 0.3) is 0 Å². The number of amides is 1. The Hall–Kier alpha value is -2.12. The molecule has 0 aliphatic heterocycles. The molecule has 100 valence electrons. The molecule has 0 unspecified atom stereocenters. The van der Waals surface area contributed by atoms with Gasteiger partial charge in [0.1, 0.15) is 0 Å². The molecule has 19 heavy (non-hydrogen) atoms. The number of nitrogens with two attached hydrogens (primary N) is 1. The Morgan fingerprint density at radius 2 is 2.32 bits per heavy atom. The number of hydrazine groups is 1. The van der Waals surface area contributed by atoms with E-state index in [9.17, 15) is 4.79 Å². The second-order valence-corrected chi connectivity index (χ2v) is 4.31. The van der Waals surface area contributed by atoms with Crippen LogP contribution in [-0.4, -0.2) is 20.7 Å². The number of anilines is 1. The third kappa shape index (κ3) is 3.21. The number of nitrogen functional groups attached to an aromatic ring is 1. The largest absolute Gasteiger partial charge is 0.348 e. The molecule has 2 aromatic rings. The molecular weight excluding hydrogens is 268 g/mol. The van der Waals surface area contributed by atoms with Gasteiger partial charge in [0.25, 0.3) is 5.91 Å². The summed E-state index contributed by atoms with van der Waals surface area (Å²) >= 11 is 5.90. The maximum Gasteiger partial charge on any atom is 0.253 e. The predicted molar refractivity (Wildman–Crippen MR) is 71.4 cm³/mol. The van der Waals surface area contributed by atoms with Gasteiger partial charge in [-0.05, 0) is 6.07 Å². The summed E-state index contributed by atoms with van der Waals surface area (Å²) in [5.74, 6) is 5.27. The van der Waals surface area contributed by atoms with Crippen LogP contribution >= 0.6 is 11.6 Å². The van der Waals surface area contributed by atoms with Crippen LogP contribution in [-0.2, 0) is 13.6 Å². The normalized spacial score (nSPS) is 10.3. The molecule has 0 atom stereocenters. The van der Waals surface area contributed by atoms with Gasteiger partial charge in [0.2, 0.25) is 0 Å². The zero-order valence-electron chi connectivity index (χ0n) is 10.2. The van der Waals surface area contributed by atoms with Crippen molar-refractivity contribution in [3.8, 4) is 0 Å². The predicted octanol–water partition coefficient (Wildman–Crippen LogP) is 0.684. The Balaban J connectivity index is 2.01. The van der Waals surface area contributed by atoms with Crippen molar-refractivity contribution < 1.29 is 4.79 Å². The summed E-state index contributed by atoms with van der Waals surface area (Å²) in [6.07, 6.45) is 4.92. The lowest BCUT2D eigenvalue weighted by Crippen LogP contribution is -2.23. The fourth-order valence-electron chi connectivity index (χ4n) is 1.52. The van der Waals surface area contributed by atoms with Crippen molar-refractivity contribution in [2.75, 3.05) is 5.43 Å². The number of hydrogen-bond acceptors (Lipinski definition) is 5. The molecule has 0 radical (unpaired) electrons. The maximum atomic E-state index is 11.9. The van der Waals surface area contributed by atoms with Gasteiger partial charge in [0.15, 0.2) is 5.82 Å². The minimum atomic E-state index is -0.262. The molecule has 2 aromatic heterocycles. The molecule has 0 aromatic carbocycles. The fourth-order valence-corrected chi connectivity index (χ4v) is 1.74. The van der Waals surface area contributed by atoms with Gasteiger partial charge in [0.05, 0.1) is 16.8 Å². The van der Waals surface area contributed by atoms with Crippen LogP contribution in [0.1, 0.15) is 15.9 Å². The Kier molecular flexibility index (Phi) is 3.98. The lowest BCUT2D eigenvalue weighted by Gasteiger charge is -2.06. The maximum absolute atomic E-state index is 11.9. The summed E-state index contributed by atoms with van der Waals surface area (Å²) in [7, 11) is 1.81. The van der Waals surface area contributed by atoms with Crippen molar-refractivity contribution in [3.63, 3.8) is 0 Å². The number of nitrogens with one attached hydrogen (secondary N) is 2. The minimum Gasteiger partial charge on any atom is -0.348 e. The van der Waals surface area contributed by atoms with Crippen molar-refractivity contribution >= 4 is 23.3 Å². The van der Waals surface area contributed by atoms with E-state index in [1.807, 2.05) is 13.2 Å². The summed E-state index contributed by atoms with van der Waals surface area (Å²) in [6, 6.07) is 1.50. The topological polar surface area (TPSA) is 97.9 Å². The number of carbonyl (C=O) groups excluding carboxylic acids is 1. The van der Waals surface area contributed by atoms with Crippen molar-refractivity contribution in [1.82, 2.24) is 20.1 Å². The fraction of sp³-hybridized carbons (Fsp3) is 0.182. The molecule has 7 nitrogen and oxygen atoms in total. The molecule has 4 N–H and O–H groups in total. The number of aromatic nitrogens is 3. The van der Waals surface area contributed by atoms with E-state index in [0.29, 0.717) is 17.9 Å². The van der Waals surface area contributed by atoms with E-state index in [-0.39, 0.29) is 10.9 Å². The Morgan fingerprint density at radius 1 is 1.53 bits per heavy atom. The second-order valence-electron chi connectivity index (χ2n) is 3.90. The standard InChI is InChI=1S/C11H13ClN6O/c1-18-6-7(4-16-18)3-15-11(19)8-2-9(12)10(17-13)14-5-8/h2,4-6H,3,13H2,1H3,(H,14,17)(H,15,19). The molecule has 2 heterocycles. The van der Waals surface area contributed by atoms with E-state index in [4.69, 9.17) is 17.4 Å². The smallest absolute Gasteiger partial charge is 0.253 e. The van der Waals surface area contributed by atoms with E-state index in [2.05, 4.69) is 20.8 Å². The van der Waals surface area contributed by atoms with E-state index < -0.39 is 0 Å². The molecule has 8 heteroatoms. The van der Waals surface area contributed by atoms with Gasteiger partial charge in [-0.15, -0.1) is 0 Å². The van der Waals surface area contributed by atoms with Crippen molar-refractivity contribution in [2.45, 2.75) is 6.54 Å². The molecular formula is C11H13ClN6O. The number of rotatable bonds is 4. The van der Waals surface area contributed by atoms with E-state index in [1.165, 1.54) is 12.3 Å². The molecule has 0 bridgehead atoms. The third-order valence-corrected chi connectivity index (χ3v) is 2.74. The van der Waals surface area contributed by atoms with Gasteiger partial charge in [-0.1, -0.05) is 11.6 Å². The SMILES string of the molecule is Cn1cc(CNC(=O)c2cnc(NN)c(Cl)c2)cn1. The average molecular weight is 281 g/mol. The van der Waals surface area contributed by atoms with Crippen LogP contribution in [0.4, 0.5) is 5.82 Å². The van der Waals surface area contributed by atoms with Gasteiger partial charge in [-0.3, -0.25) is 9.48 Å². The molecule has 0 saturated carbocycles. The Labute approximate surface area is 114 Å². The summed E-state index contributed by atoms with van der Waals surface area (Å²) in [5, 5.41) is 7.05. The van der Waals surface area contributed by atoms with E-state index >= 15 is 0 Å². The first-order chi connectivity index (χ1) is 9.10. The summed E-state index contributed by atoms with van der Waals surface area (Å²) < 4.78 is 1.67. The number of hydrogen-bond donors (Lipinski definition) is 3. The van der Waals surface area contributed by atoms with Crippen molar-refractivity contribution in [2.24, 2.45) is 12.9 Å². The highest BCUT2D eigenvalue weighted by Crippen LogP contribution is 2.18. The van der Waals surface area contributed by atoms with Gasteiger partial charge in [-0.25, -0.2) is 10.8 Å². The highest BCUT2D eigenvalue weighted by molar-refractivity contribution is 6.33. The first-order valence-corrected chi connectivity index (χ1v) is 5.86. The van der Waals surface area contributed by atoms with Gasteiger partial charge in [-0.2, -0.15) is 5.10 Å². The van der Waals surface area contributed by atoms with E-state index in [0.717, 1.165) is 5.56 Å². The van der Waals surface area contributed by atoms with Crippen molar-refractivity contribution in [1.29, 1.82) is 0 Å². The lowest BCUT2D eigenvalue weighted by atomic mass is 10.2. The monoisotopic (exact) mass is 280 g/mol. The van der Waals surface area contributed by atoms with Crippen LogP contribution in [0.2, 0.25) is 5.02 Å². The van der Waals surface area contributed by atoms with Crippen LogP contribution in [0.3, 0.4) is 0 Å². The molecule has 0 aliphatic carbocycles. The van der Waals surface area contributed by atoms with E-state index in [1.54, 1.807) is 10.9 Å². The average Bonchev–Trinajstić information content (AvgIpc) is 2.81. The Morgan fingerprint density at radius 3 is 2.89 bits per heavy atom. The molecule has 0 fully saturated rings. The highest BCUT2D eigenvalue weighted by Gasteiger charge is 2.09. The van der Waals surface area contributed by atoms with Crippen LogP contribution in [0.15, 0.2) is 24.7 Å². The molecule has 0 spiro atoms. The summed E-state index contributed by atoms with van der Waals surface area (Å²) in [6.45, 7) is 0.390. The number of halogens is 1. The number of carbonyl (C=O) groups is 1. The van der Waals surface area contributed by atoms with Crippen LogP contribution in [0.5, 0.6) is 0 Å². The third-order valence-electron chi connectivity index (χ3n) is 2.45. The Bertz CT molecular complexity index is 597. The quantitative estimate of drug-likeness (QED) is 0.565. The minimum absolute atomic E-state index is 0.262. The van der Waals surface area contributed by atoms with Crippen LogP contribution in [0, 0.1) is 0 Å². The highest BCUT2D eigenvalue weighted by atomic mass is 35.5. The molecule has 2 rings (SSSR count). The molecule has 0 aliphatic rings. The second kappa shape index (κ2) is 5.68. The molecule has 0 saturated heterocycles. The number of pyridine rings is 1. The number of nitrogens with zero attached hydrogens (tertiary/aromatic N) is 3. The zero-order chi connectivity index (χ0) is 13.8. The lowest BCUT2D eigenvalue weighted by molar-refractivity contribution is 0.0950. The van der Waals surface area contributed by atoms with Crippen molar-refractivity contribution in [3.05, 3.63) is 40.8 Å². The first kappa shape index (κ1) is 13.3. The van der Waals surface area contributed by atoms with Gasteiger partial charge in [0, 0.05) is 31.5 Å². The first-order valence-electron chi connectivity index (χ1n) is 5.48. The zero-order valence-corrected chi connectivity index (χ0v) is 11.0.